The maximum absolute atomic E-state index is 10.6. The van der Waals surface area contributed by atoms with Crippen molar-refractivity contribution in [1.29, 1.82) is 0 Å². The van der Waals surface area contributed by atoms with Gasteiger partial charge in [0, 0.05) is 6.08 Å². The molecule has 0 saturated heterocycles. The first-order valence-corrected chi connectivity index (χ1v) is 8.67. The van der Waals surface area contributed by atoms with Crippen LogP contribution >= 0.6 is 31.9 Å². The molecule has 0 aromatic heterocycles. The van der Waals surface area contributed by atoms with E-state index in [-0.39, 0.29) is 0 Å². The highest BCUT2D eigenvalue weighted by Gasteiger charge is 2.16. The van der Waals surface area contributed by atoms with E-state index in [0.29, 0.717) is 5.92 Å². The Morgan fingerprint density at radius 2 is 1.86 bits per heavy atom. The fourth-order valence-corrected chi connectivity index (χ4v) is 3.99. The monoisotopic (exact) mass is 416 g/mol. The number of halogens is 2. The molecule has 0 radical (unpaired) electrons. The molecule has 21 heavy (non-hydrogen) atoms. The van der Waals surface area contributed by atoms with Gasteiger partial charge in [-0.1, -0.05) is 19.3 Å². The molecule has 0 heterocycles. The van der Waals surface area contributed by atoms with E-state index in [1.54, 1.807) is 6.08 Å². The number of ether oxygens (including phenoxy) is 1. The largest absolute Gasteiger partial charge is 0.491 e. The molecule has 0 atom stereocenters. The molecule has 0 bridgehead atoms. The van der Waals surface area contributed by atoms with E-state index in [2.05, 4.69) is 31.9 Å². The fourth-order valence-electron chi connectivity index (χ4n) is 2.54. The summed E-state index contributed by atoms with van der Waals surface area (Å²) in [6.45, 7) is 0.738. The highest BCUT2D eigenvalue weighted by molar-refractivity contribution is 9.11. The van der Waals surface area contributed by atoms with Crippen LogP contribution in [-0.2, 0) is 4.79 Å². The number of carbonyl (C=O) groups is 1. The first-order valence-electron chi connectivity index (χ1n) is 7.09. The molecule has 0 aliphatic heterocycles. The van der Waals surface area contributed by atoms with E-state index in [4.69, 9.17) is 9.84 Å². The number of aliphatic carboxylic acids is 1. The summed E-state index contributed by atoms with van der Waals surface area (Å²) in [5.41, 5.74) is 0.807. The number of benzene rings is 1. The smallest absolute Gasteiger partial charge is 0.328 e. The van der Waals surface area contributed by atoms with E-state index < -0.39 is 5.97 Å². The number of carboxylic acid groups (broad SMARTS) is 1. The van der Waals surface area contributed by atoms with Gasteiger partial charge in [0.1, 0.15) is 5.75 Å². The van der Waals surface area contributed by atoms with Crippen LogP contribution in [0.25, 0.3) is 6.08 Å². The number of carboxylic acids is 1. The Bertz CT molecular complexity index is 511. The van der Waals surface area contributed by atoms with Crippen molar-refractivity contribution < 1.29 is 14.6 Å². The van der Waals surface area contributed by atoms with Crippen LogP contribution in [0.4, 0.5) is 0 Å². The van der Waals surface area contributed by atoms with E-state index >= 15 is 0 Å². The fraction of sp³-hybridized carbons (Fsp3) is 0.438. The Labute approximate surface area is 141 Å². The van der Waals surface area contributed by atoms with Crippen molar-refractivity contribution in [3.63, 3.8) is 0 Å². The van der Waals surface area contributed by atoms with Crippen LogP contribution in [0.5, 0.6) is 5.75 Å². The van der Waals surface area contributed by atoms with Crippen molar-refractivity contribution in [2.75, 3.05) is 6.61 Å². The highest BCUT2D eigenvalue weighted by atomic mass is 79.9. The summed E-state index contributed by atoms with van der Waals surface area (Å²) < 4.78 is 7.62. The molecule has 1 saturated carbocycles. The molecule has 0 unspecified atom stereocenters. The summed E-state index contributed by atoms with van der Waals surface area (Å²) in [6.07, 6.45) is 9.11. The second-order valence-corrected chi connectivity index (χ2v) is 7.01. The van der Waals surface area contributed by atoms with Gasteiger partial charge in [-0.3, -0.25) is 0 Å². The normalized spacial score (nSPS) is 16.3. The molecular weight excluding hydrogens is 400 g/mol. The van der Waals surface area contributed by atoms with E-state index in [1.807, 2.05) is 12.1 Å². The van der Waals surface area contributed by atoms with Gasteiger partial charge in [0.2, 0.25) is 0 Å². The summed E-state index contributed by atoms with van der Waals surface area (Å²) >= 11 is 6.99. The predicted octanol–water partition coefficient (Wildman–Crippen LogP) is 5.27. The minimum absolute atomic E-state index is 0.643. The van der Waals surface area contributed by atoms with Gasteiger partial charge in [0.15, 0.2) is 0 Å². The van der Waals surface area contributed by atoms with Gasteiger partial charge in [0.25, 0.3) is 0 Å². The van der Waals surface area contributed by atoms with Gasteiger partial charge in [-0.2, -0.15) is 0 Å². The van der Waals surface area contributed by atoms with E-state index in [1.165, 1.54) is 32.1 Å². The lowest BCUT2D eigenvalue weighted by atomic mass is 9.90. The Hall–Kier alpha value is -0.810. The van der Waals surface area contributed by atoms with E-state index in [0.717, 1.165) is 32.9 Å². The van der Waals surface area contributed by atoms with E-state index in [9.17, 15) is 4.79 Å². The molecule has 5 heteroatoms. The summed E-state index contributed by atoms with van der Waals surface area (Å²) in [5.74, 6) is 0.469. The molecule has 3 nitrogen and oxygen atoms in total. The van der Waals surface area contributed by atoms with Gasteiger partial charge in [-0.05, 0) is 74.4 Å². The van der Waals surface area contributed by atoms with Gasteiger partial charge < -0.3 is 9.84 Å². The van der Waals surface area contributed by atoms with Gasteiger partial charge in [-0.25, -0.2) is 4.79 Å². The summed E-state index contributed by atoms with van der Waals surface area (Å²) in [4.78, 5) is 10.6. The third kappa shape index (κ3) is 5.15. The Morgan fingerprint density at radius 3 is 2.43 bits per heavy atom. The SMILES string of the molecule is O=C(O)/C=C/c1cc(Br)c(OCC2CCCCC2)c(Br)c1. The predicted molar refractivity (Wildman–Crippen MR) is 90.6 cm³/mol. The lowest BCUT2D eigenvalue weighted by molar-refractivity contribution is -0.131. The van der Waals surface area contributed by atoms with Crippen LogP contribution in [0.1, 0.15) is 37.7 Å². The molecule has 1 aromatic rings. The molecule has 0 amide bonds. The molecule has 2 rings (SSSR count). The molecule has 114 valence electrons. The molecular formula is C16H18Br2O3. The Balaban J connectivity index is 2.04. The molecule has 1 aliphatic carbocycles. The quantitative estimate of drug-likeness (QED) is 0.663. The summed E-state index contributed by atoms with van der Waals surface area (Å²) in [7, 11) is 0. The Kier molecular flexibility index (Phi) is 6.30. The van der Waals surface area contributed by atoms with Crippen molar-refractivity contribution in [1.82, 2.24) is 0 Å². The van der Waals surface area contributed by atoms with Crippen LogP contribution in [0.2, 0.25) is 0 Å². The zero-order chi connectivity index (χ0) is 15.2. The maximum atomic E-state index is 10.6. The summed E-state index contributed by atoms with van der Waals surface area (Å²) in [5, 5.41) is 8.66. The van der Waals surface area contributed by atoms with Crippen molar-refractivity contribution in [3.05, 3.63) is 32.7 Å². The average Bonchev–Trinajstić information content (AvgIpc) is 2.45. The number of hydrogen-bond donors (Lipinski definition) is 1. The van der Waals surface area contributed by atoms with Crippen LogP contribution in [0, 0.1) is 5.92 Å². The van der Waals surface area contributed by atoms with Crippen LogP contribution in [-0.4, -0.2) is 17.7 Å². The second kappa shape index (κ2) is 7.99. The lowest BCUT2D eigenvalue weighted by Crippen LogP contribution is -2.15. The minimum Gasteiger partial charge on any atom is -0.491 e. The molecule has 1 N–H and O–H groups in total. The third-order valence-electron chi connectivity index (χ3n) is 3.63. The minimum atomic E-state index is -0.958. The summed E-state index contributed by atoms with van der Waals surface area (Å²) in [6, 6.07) is 3.72. The number of hydrogen-bond acceptors (Lipinski definition) is 2. The standard InChI is InChI=1S/C16H18Br2O3/c17-13-8-12(6-7-15(19)20)9-14(18)16(13)21-10-11-4-2-1-3-5-11/h6-9,11H,1-5,10H2,(H,19,20)/b7-6+. The van der Waals surface area contributed by atoms with Gasteiger partial charge >= 0.3 is 5.97 Å². The van der Waals surface area contributed by atoms with Gasteiger partial charge in [0.05, 0.1) is 15.6 Å². The molecule has 1 fully saturated rings. The Morgan fingerprint density at radius 1 is 1.24 bits per heavy atom. The zero-order valence-corrected chi connectivity index (χ0v) is 14.8. The average molecular weight is 418 g/mol. The topological polar surface area (TPSA) is 46.5 Å². The first-order chi connectivity index (χ1) is 10.1. The van der Waals surface area contributed by atoms with Gasteiger partial charge in [-0.15, -0.1) is 0 Å². The van der Waals surface area contributed by atoms with Crippen molar-refractivity contribution in [2.45, 2.75) is 32.1 Å². The number of rotatable bonds is 5. The van der Waals surface area contributed by atoms with Crippen molar-refractivity contribution in [3.8, 4) is 5.75 Å². The second-order valence-electron chi connectivity index (χ2n) is 5.30. The molecule has 1 aromatic carbocycles. The van der Waals surface area contributed by atoms with Crippen molar-refractivity contribution >= 4 is 43.9 Å². The maximum Gasteiger partial charge on any atom is 0.328 e. The van der Waals surface area contributed by atoms with Crippen LogP contribution < -0.4 is 4.74 Å². The van der Waals surface area contributed by atoms with Crippen molar-refractivity contribution in [2.24, 2.45) is 5.92 Å². The highest BCUT2D eigenvalue weighted by Crippen LogP contribution is 2.36. The lowest BCUT2D eigenvalue weighted by Gasteiger charge is -2.22. The third-order valence-corrected chi connectivity index (χ3v) is 4.81. The van der Waals surface area contributed by atoms with Crippen LogP contribution in [0.15, 0.2) is 27.2 Å². The molecule has 0 spiro atoms. The first kappa shape index (κ1) is 16.6. The zero-order valence-electron chi connectivity index (χ0n) is 11.6. The molecule has 1 aliphatic rings. The van der Waals surface area contributed by atoms with Crippen LogP contribution in [0.3, 0.4) is 0 Å².